The molecular weight excluding hydrogens is 420 g/mol. The molecule has 0 radical (unpaired) electrons. The average molecular weight is 455 g/mol. The van der Waals surface area contributed by atoms with Crippen LogP contribution in [-0.2, 0) is 15.1 Å². The molecule has 0 aliphatic heterocycles. The number of methoxy groups -OCH3 is 1. The predicted octanol–water partition coefficient (Wildman–Crippen LogP) is 3.38. The summed E-state index contributed by atoms with van der Waals surface area (Å²) in [7, 11) is 1.67. The zero-order valence-electron chi connectivity index (χ0n) is 20.1. The van der Waals surface area contributed by atoms with Crippen LogP contribution < -0.4 is 5.32 Å². The standard InChI is InChI=1S/C24H34N6O3/c1-15(14-33-5)27-23-25-12-22-20(18-11-26-29(13-18)24(3,4)16(2)31)10-21(30(22)28-23)17-6-8-19(32)9-7-17/h10-13,15,17,19,32H,6-9,14H2,1-5H3,(H,27,28)/t15-,17?,19?/m0/s1. The van der Waals surface area contributed by atoms with Crippen molar-refractivity contribution in [2.45, 2.75) is 77.0 Å². The van der Waals surface area contributed by atoms with E-state index in [1.54, 1.807) is 24.9 Å². The average Bonchev–Trinajstić information content (AvgIpc) is 3.40. The molecule has 1 aliphatic rings. The number of aromatic nitrogens is 5. The molecule has 1 aliphatic carbocycles. The summed E-state index contributed by atoms with van der Waals surface area (Å²) >= 11 is 0. The van der Waals surface area contributed by atoms with Crippen molar-refractivity contribution in [3.05, 3.63) is 30.4 Å². The lowest BCUT2D eigenvalue weighted by molar-refractivity contribution is -0.124. The van der Waals surface area contributed by atoms with E-state index in [4.69, 9.17) is 9.84 Å². The van der Waals surface area contributed by atoms with E-state index in [2.05, 4.69) is 21.5 Å². The molecule has 1 atom stereocenters. The van der Waals surface area contributed by atoms with Gasteiger partial charge in [-0.25, -0.2) is 9.50 Å². The second kappa shape index (κ2) is 9.23. The monoisotopic (exact) mass is 454 g/mol. The van der Waals surface area contributed by atoms with E-state index < -0.39 is 5.54 Å². The largest absolute Gasteiger partial charge is 0.393 e. The minimum atomic E-state index is -0.721. The zero-order valence-corrected chi connectivity index (χ0v) is 20.1. The summed E-state index contributed by atoms with van der Waals surface area (Å²) in [4.78, 5) is 16.7. The van der Waals surface area contributed by atoms with Crippen LogP contribution in [0.25, 0.3) is 16.6 Å². The van der Waals surface area contributed by atoms with Gasteiger partial charge in [-0.3, -0.25) is 9.48 Å². The Kier molecular flexibility index (Phi) is 6.54. The summed E-state index contributed by atoms with van der Waals surface area (Å²) in [6, 6.07) is 2.24. The van der Waals surface area contributed by atoms with Crippen LogP contribution >= 0.6 is 0 Å². The van der Waals surface area contributed by atoms with Gasteiger partial charge in [0, 0.05) is 42.1 Å². The number of Topliss-reactive ketones (excluding diaryl/α,β-unsaturated/α-hetero) is 1. The molecule has 0 bridgehead atoms. The number of nitrogens with zero attached hydrogens (tertiary/aromatic N) is 5. The summed E-state index contributed by atoms with van der Waals surface area (Å²) in [5.74, 6) is 0.891. The van der Waals surface area contributed by atoms with Crippen LogP contribution in [-0.4, -0.2) is 61.1 Å². The highest BCUT2D eigenvalue weighted by atomic mass is 16.5. The Balaban J connectivity index is 1.77. The number of ether oxygens (including phenoxy) is 1. The van der Waals surface area contributed by atoms with Gasteiger partial charge in [-0.1, -0.05) is 0 Å². The molecule has 0 saturated heterocycles. The minimum absolute atomic E-state index is 0.0459. The van der Waals surface area contributed by atoms with Crippen molar-refractivity contribution in [3.63, 3.8) is 0 Å². The lowest BCUT2D eigenvalue weighted by Gasteiger charge is -2.25. The molecule has 0 unspecified atom stereocenters. The number of carbonyl (C=O) groups excluding carboxylic acids is 1. The number of hydrogen-bond acceptors (Lipinski definition) is 7. The van der Waals surface area contributed by atoms with Crippen LogP contribution in [0.5, 0.6) is 0 Å². The number of rotatable bonds is 8. The van der Waals surface area contributed by atoms with Crippen molar-refractivity contribution >= 4 is 17.2 Å². The van der Waals surface area contributed by atoms with Crippen LogP contribution in [0.4, 0.5) is 5.95 Å². The highest BCUT2D eigenvalue weighted by Crippen LogP contribution is 2.37. The quantitative estimate of drug-likeness (QED) is 0.537. The van der Waals surface area contributed by atoms with Gasteiger partial charge >= 0.3 is 0 Å². The van der Waals surface area contributed by atoms with Gasteiger partial charge in [-0.2, -0.15) is 5.10 Å². The number of anilines is 1. The van der Waals surface area contributed by atoms with Gasteiger partial charge in [0.15, 0.2) is 5.78 Å². The molecule has 0 spiro atoms. The Bertz CT molecular complexity index is 1130. The molecule has 0 aromatic carbocycles. The van der Waals surface area contributed by atoms with Crippen LogP contribution in [0.1, 0.15) is 65.0 Å². The summed E-state index contributed by atoms with van der Waals surface area (Å²) < 4.78 is 8.91. The Hall–Kier alpha value is -2.78. The summed E-state index contributed by atoms with van der Waals surface area (Å²) in [5, 5.41) is 22.6. The van der Waals surface area contributed by atoms with Gasteiger partial charge in [0.05, 0.1) is 30.6 Å². The minimum Gasteiger partial charge on any atom is -0.393 e. The topological polar surface area (TPSA) is 107 Å². The van der Waals surface area contributed by atoms with Crippen molar-refractivity contribution < 1.29 is 14.6 Å². The molecule has 2 N–H and O–H groups in total. The van der Waals surface area contributed by atoms with Gasteiger partial charge in [-0.05, 0) is 59.4 Å². The first-order chi connectivity index (χ1) is 15.7. The summed E-state index contributed by atoms with van der Waals surface area (Å²) in [6.07, 6.45) is 8.73. The molecule has 9 nitrogen and oxygen atoms in total. The van der Waals surface area contributed by atoms with Crippen LogP contribution in [0.2, 0.25) is 0 Å². The maximum absolute atomic E-state index is 12.1. The predicted molar refractivity (Wildman–Crippen MR) is 126 cm³/mol. The molecular formula is C24H34N6O3. The first kappa shape index (κ1) is 23.4. The second-order valence-electron chi connectivity index (χ2n) is 9.66. The lowest BCUT2D eigenvalue weighted by Crippen LogP contribution is -2.34. The van der Waals surface area contributed by atoms with Crippen molar-refractivity contribution in [2.75, 3.05) is 19.0 Å². The second-order valence-corrected chi connectivity index (χ2v) is 9.66. The molecule has 33 heavy (non-hydrogen) atoms. The first-order valence-electron chi connectivity index (χ1n) is 11.6. The molecule has 3 aromatic rings. The Morgan fingerprint density at radius 3 is 2.70 bits per heavy atom. The normalized spacial score (nSPS) is 20.2. The molecule has 1 saturated carbocycles. The number of aliphatic hydroxyl groups excluding tert-OH is 1. The van der Waals surface area contributed by atoms with Gasteiger partial charge < -0.3 is 15.2 Å². The van der Waals surface area contributed by atoms with E-state index in [1.165, 1.54) is 0 Å². The Labute approximate surface area is 194 Å². The zero-order chi connectivity index (χ0) is 23.8. The molecule has 1 fully saturated rings. The number of aliphatic hydroxyl groups is 1. The van der Waals surface area contributed by atoms with Crippen molar-refractivity contribution in [1.29, 1.82) is 0 Å². The van der Waals surface area contributed by atoms with Crippen LogP contribution in [0, 0.1) is 0 Å². The van der Waals surface area contributed by atoms with Gasteiger partial charge in [-0.15, -0.1) is 5.10 Å². The van der Waals surface area contributed by atoms with E-state index in [0.717, 1.165) is 48.0 Å². The number of carbonyl (C=O) groups is 1. The van der Waals surface area contributed by atoms with E-state index in [1.807, 2.05) is 37.7 Å². The lowest BCUT2D eigenvalue weighted by atomic mass is 9.85. The molecule has 4 rings (SSSR count). The van der Waals surface area contributed by atoms with Crippen molar-refractivity contribution in [2.24, 2.45) is 0 Å². The number of ketones is 1. The fraction of sp³-hybridized carbons (Fsp3) is 0.583. The summed E-state index contributed by atoms with van der Waals surface area (Å²) in [5.41, 5.74) is 3.18. The third kappa shape index (κ3) is 4.65. The fourth-order valence-corrected chi connectivity index (χ4v) is 4.42. The van der Waals surface area contributed by atoms with Gasteiger partial charge in [0.2, 0.25) is 5.95 Å². The Morgan fingerprint density at radius 2 is 2.03 bits per heavy atom. The fourth-order valence-electron chi connectivity index (χ4n) is 4.42. The first-order valence-corrected chi connectivity index (χ1v) is 11.6. The SMILES string of the molecule is COC[C@H](C)Nc1ncc2c(-c3cnn(C(C)(C)C(C)=O)c3)cc(C3CCC(O)CC3)n2n1. The third-order valence-electron chi connectivity index (χ3n) is 6.78. The molecule has 0 amide bonds. The molecule has 178 valence electrons. The third-order valence-corrected chi connectivity index (χ3v) is 6.78. The smallest absolute Gasteiger partial charge is 0.241 e. The number of hydrogen-bond donors (Lipinski definition) is 2. The number of nitrogens with one attached hydrogen (secondary N) is 1. The van der Waals surface area contributed by atoms with Crippen molar-refractivity contribution in [3.8, 4) is 11.1 Å². The Morgan fingerprint density at radius 1 is 1.30 bits per heavy atom. The van der Waals surface area contributed by atoms with Crippen molar-refractivity contribution in [1.82, 2.24) is 24.4 Å². The summed E-state index contributed by atoms with van der Waals surface area (Å²) in [6.45, 7) is 7.89. The van der Waals surface area contributed by atoms with E-state index >= 15 is 0 Å². The maximum atomic E-state index is 12.1. The number of fused-ring (bicyclic) bond motifs is 1. The highest BCUT2D eigenvalue weighted by molar-refractivity contribution is 5.84. The van der Waals surface area contributed by atoms with E-state index in [9.17, 15) is 9.90 Å². The van der Waals surface area contributed by atoms with E-state index in [0.29, 0.717) is 18.5 Å². The van der Waals surface area contributed by atoms with Gasteiger partial charge in [0.1, 0.15) is 5.54 Å². The van der Waals surface area contributed by atoms with Gasteiger partial charge in [0.25, 0.3) is 0 Å². The maximum Gasteiger partial charge on any atom is 0.241 e. The van der Waals surface area contributed by atoms with Crippen LogP contribution in [0.15, 0.2) is 24.7 Å². The van der Waals surface area contributed by atoms with E-state index in [-0.39, 0.29) is 17.9 Å². The molecule has 3 aromatic heterocycles. The molecule has 3 heterocycles. The van der Waals surface area contributed by atoms with Crippen LogP contribution in [0.3, 0.4) is 0 Å². The highest BCUT2D eigenvalue weighted by Gasteiger charge is 2.29. The molecule has 9 heteroatoms.